The molecule has 0 aliphatic carbocycles. The Morgan fingerprint density at radius 3 is 2.54 bits per heavy atom. The molecule has 6 heteroatoms. The van der Waals surface area contributed by atoms with E-state index in [-0.39, 0.29) is 30.1 Å². The lowest BCUT2D eigenvalue weighted by Gasteiger charge is -2.28. The third-order valence-electron chi connectivity index (χ3n) is 4.84. The van der Waals surface area contributed by atoms with Crippen LogP contribution in [0.25, 0.3) is 0 Å². The van der Waals surface area contributed by atoms with Crippen LogP contribution < -0.4 is 10.9 Å². The van der Waals surface area contributed by atoms with Gasteiger partial charge in [0, 0.05) is 36.9 Å². The van der Waals surface area contributed by atoms with E-state index in [0.29, 0.717) is 12.2 Å². The Balaban J connectivity index is 1.66. The van der Waals surface area contributed by atoms with Crippen LogP contribution >= 0.6 is 0 Å². The molecular weight excluding hydrogens is 326 g/mol. The van der Waals surface area contributed by atoms with Gasteiger partial charge in [-0.05, 0) is 45.7 Å². The Morgan fingerprint density at radius 1 is 1.19 bits per heavy atom. The maximum absolute atomic E-state index is 13.0. The standard InChI is InChI=1S/C20H29N5O/c1-14(2)24(20(26)18-10-11-25(23-18)15(3)4)13-17-12-19(22-21-17)16-8-6-5-7-9-16/h5-11,14-15,17,19,21-22H,12-13H2,1-4H3. The molecule has 1 saturated heterocycles. The number of carbonyl (C=O) groups is 1. The van der Waals surface area contributed by atoms with E-state index in [0.717, 1.165) is 6.42 Å². The van der Waals surface area contributed by atoms with Gasteiger partial charge >= 0.3 is 0 Å². The molecule has 2 heterocycles. The van der Waals surface area contributed by atoms with Gasteiger partial charge in [-0.1, -0.05) is 30.3 Å². The first-order valence-corrected chi connectivity index (χ1v) is 9.38. The van der Waals surface area contributed by atoms with Gasteiger partial charge in [0.25, 0.3) is 5.91 Å². The lowest BCUT2D eigenvalue weighted by Crippen LogP contribution is -2.46. The quantitative estimate of drug-likeness (QED) is 0.836. The van der Waals surface area contributed by atoms with E-state index in [1.807, 2.05) is 41.8 Å². The highest BCUT2D eigenvalue weighted by atomic mass is 16.2. The second-order valence-electron chi connectivity index (χ2n) is 7.51. The van der Waals surface area contributed by atoms with Crippen LogP contribution in [0, 0.1) is 0 Å². The van der Waals surface area contributed by atoms with Crippen molar-refractivity contribution < 1.29 is 4.79 Å². The lowest BCUT2D eigenvalue weighted by molar-refractivity contribution is 0.0680. The van der Waals surface area contributed by atoms with Crippen molar-refractivity contribution in [2.45, 2.75) is 58.3 Å². The number of amides is 1. The fraction of sp³-hybridized carbons (Fsp3) is 0.500. The third-order valence-corrected chi connectivity index (χ3v) is 4.84. The number of aromatic nitrogens is 2. The first kappa shape index (κ1) is 18.6. The summed E-state index contributed by atoms with van der Waals surface area (Å²) >= 11 is 0. The molecule has 0 saturated carbocycles. The maximum atomic E-state index is 13.0. The summed E-state index contributed by atoms with van der Waals surface area (Å²) in [7, 11) is 0. The molecule has 0 radical (unpaired) electrons. The van der Waals surface area contributed by atoms with Crippen molar-refractivity contribution in [3.63, 3.8) is 0 Å². The average molecular weight is 355 g/mol. The minimum absolute atomic E-state index is 0.00985. The van der Waals surface area contributed by atoms with Crippen LogP contribution in [-0.2, 0) is 0 Å². The second-order valence-corrected chi connectivity index (χ2v) is 7.51. The summed E-state index contributed by atoms with van der Waals surface area (Å²) in [4.78, 5) is 14.9. The van der Waals surface area contributed by atoms with Crippen molar-refractivity contribution in [2.24, 2.45) is 0 Å². The fourth-order valence-corrected chi connectivity index (χ4v) is 3.30. The summed E-state index contributed by atoms with van der Waals surface area (Å²) < 4.78 is 1.83. The number of hydrazine groups is 1. The zero-order valence-electron chi connectivity index (χ0n) is 16.0. The molecule has 1 aliphatic heterocycles. The van der Waals surface area contributed by atoms with Gasteiger partial charge in [-0.2, -0.15) is 5.10 Å². The number of nitrogens with one attached hydrogen (secondary N) is 2. The predicted molar refractivity (Wildman–Crippen MR) is 103 cm³/mol. The first-order valence-electron chi connectivity index (χ1n) is 9.38. The molecule has 1 aromatic carbocycles. The molecule has 6 nitrogen and oxygen atoms in total. The van der Waals surface area contributed by atoms with E-state index in [1.54, 1.807) is 0 Å². The van der Waals surface area contributed by atoms with Crippen LogP contribution in [0.15, 0.2) is 42.6 Å². The summed E-state index contributed by atoms with van der Waals surface area (Å²) in [5.41, 5.74) is 8.48. The molecule has 1 amide bonds. The molecule has 26 heavy (non-hydrogen) atoms. The van der Waals surface area contributed by atoms with Gasteiger partial charge in [0.15, 0.2) is 0 Å². The van der Waals surface area contributed by atoms with Crippen LogP contribution in [0.2, 0.25) is 0 Å². The van der Waals surface area contributed by atoms with Crippen LogP contribution in [0.1, 0.15) is 62.3 Å². The minimum atomic E-state index is -0.00985. The van der Waals surface area contributed by atoms with Crippen molar-refractivity contribution >= 4 is 5.91 Å². The van der Waals surface area contributed by atoms with Crippen molar-refractivity contribution in [3.8, 4) is 0 Å². The topological polar surface area (TPSA) is 62.2 Å². The Kier molecular flexibility index (Phi) is 5.74. The first-order chi connectivity index (χ1) is 12.5. The summed E-state index contributed by atoms with van der Waals surface area (Å²) in [6.07, 6.45) is 2.82. The maximum Gasteiger partial charge on any atom is 0.274 e. The van der Waals surface area contributed by atoms with Gasteiger partial charge in [-0.3, -0.25) is 14.9 Å². The lowest BCUT2D eigenvalue weighted by atomic mass is 10.0. The largest absolute Gasteiger partial charge is 0.333 e. The van der Waals surface area contributed by atoms with Gasteiger partial charge < -0.3 is 4.90 Å². The predicted octanol–water partition coefficient (Wildman–Crippen LogP) is 2.92. The van der Waals surface area contributed by atoms with Crippen LogP contribution in [0.4, 0.5) is 0 Å². The zero-order valence-corrected chi connectivity index (χ0v) is 16.0. The Labute approximate surface area is 155 Å². The molecule has 1 aliphatic rings. The van der Waals surface area contributed by atoms with Crippen molar-refractivity contribution in [1.82, 2.24) is 25.5 Å². The van der Waals surface area contributed by atoms with Gasteiger partial charge in [-0.15, -0.1) is 0 Å². The summed E-state index contributed by atoms with van der Waals surface area (Å²) in [5.74, 6) is -0.00985. The SMILES string of the molecule is CC(C)N(CC1CC(c2ccccc2)NN1)C(=O)c1ccn(C(C)C)n1. The minimum Gasteiger partial charge on any atom is -0.333 e. The molecule has 2 aromatic rings. The smallest absolute Gasteiger partial charge is 0.274 e. The van der Waals surface area contributed by atoms with Gasteiger partial charge in [0.2, 0.25) is 0 Å². The normalized spacial score (nSPS) is 20.1. The number of rotatable bonds is 6. The molecule has 2 unspecified atom stereocenters. The van der Waals surface area contributed by atoms with Gasteiger partial charge in [0.05, 0.1) is 0 Å². The van der Waals surface area contributed by atoms with E-state index in [9.17, 15) is 4.79 Å². The van der Waals surface area contributed by atoms with E-state index >= 15 is 0 Å². The fourth-order valence-electron chi connectivity index (χ4n) is 3.30. The van der Waals surface area contributed by atoms with Crippen LogP contribution in [0.5, 0.6) is 0 Å². The highest BCUT2D eigenvalue weighted by Gasteiger charge is 2.30. The molecule has 2 N–H and O–H groups in total. The van der Waals surface area contributed by atoms with E-state index in [4.69, 9.17) is 0 Å². The summed E-state index contributed by atoms with van der Waals surface area (Å²) in [6.45, 7) is 8.86. The van der Waals surface area contributed by atoms with Gasteiger partial charge in [-0.25, -0.2) is 5.43 Å². The molecule has 3 rings (SSSR count). The average Bonchev–Trinajstić information content (AvgIpc) is 3.29. The number of carbonyl (C=O) groups excluding carboxylic acids is 1. The second kappa shape index (κ2) is 8.01. The molecule has 1 fully saturated rings. The number of hydrogen-bond acceptors (Lipinski definition) is 4. The highest BCUT2D eigenvalue weighted by molar-refractivity contribution is 5.92. The van der Waals surface area contributed by atoms with E-state index < -0.39 is 0 Å². The summed E-state index contributed by atoms with van der Waals surface area (Å²) in [5, 5.41) is 4.44. The monoisotopic (exact) mass is 355 g/mol. The molecule has 2 atom stereocenters. The molecule has 1 aromatic heterocycles. The van der Waals surface area contributed by atoms with Gasteiger partial charge in [0.1, 0.15) is 5.69 Å². The Hall–Kier alpha value is -2.18. The number of benzene rings is 1. The van der Waals surface area contributed by atoms with Crippen molar-refractivity contribution in [3.05, 3.63) is 53.9 Å². The Morgan fingerprint density at radius 2 is 1.92 bits per heavy atom. The zero-order chi connectivity index (χ0) is 18.7. The molecule has 140 valence electrons. The molecule has 0 spiro atoms. The van der Waals surface area contributed by atoms with E-state index in [2.05, 4.69) is 54.1 Å². The van der Waals surface area contributed by atoms with Crippen LogP contribution in [-0.4, -0.2) is 39.2 Å². The molecular formula is C20H29N5O. The number of nitrogens with zero attached hydrogens (tertiary/aromatic N) is 3. The number of hydrogen-bond donors (Lipinski definition) is 2. The third kappa shape index (κ3) is 4.14. The Bertz CT molecular complexity index is 725. The highest BCUT2D eigenvalue weighted by Crippen LogP contribution is 2.23. The van der Waals surface area contributed by atoms with E-state index in [1.165, 1.54) is 5.56 Å². The van der Waals surface area contributed by atoms with Crippen LogP contribution in [0.3, 0.4) is 0 Å². The van der Waals surface area contributed by atoms with Crippen molar-refractivity contribution in [2.75, 3.05) is 6.54 Å². The van der Waals surface area contributed by atoms with Crippen molar-refractivity contribution in [1.29, 1.82) is 0 Å². The summed E-state index contributed by atoms with van der Waals surface area (Å²) in [6, 6.07) is 13.0. The molecule has 0 bridgehead atoms.